The molecule has 0 fully saturated rings. The number of esters is 1. The van der Waals surface area contributed by atoms with Crippen LogP contribution in [-0.4, -0.2) is 17.6 Å². The molecule has 4 aromatic rings. The lowest BCUT2D eigenvalue weighted by atomic mass is 10.1. The summed E-state index contributed by atoms with van der Waals surface area (Å²) in [7, 11) is 0. The van der Waals surface area contributed by atoms with Gasteiger partial charge in [0.2, 0.25) is 5.89 Å². The van der Waals surface area contributed by atoms with Crippen LogP contribution in [0, 0.1) is 6.92 Å². The highest BCUT2D eigenvalue weighted by Crippen LogP contribution is 2.26. The van der Waals surface area contributed by atoms with Crippen LogP contribution in [-0.2, 0) is 9.53 Å². The molecule has 0 radical (unpaired) electrons. The van der Waals surface area contributed by atoms with Crippen LogP contribution >= 0.6 is 0 Å². The Morgan fingerprint density at radius 3 is 2.39 bits per heavy atom. The number of carbonyl (C=O) groups is 1. The van der Waals surface area contributed by atoms with Crippen LogP contribution in [0.25, 0.3) is 40.5 Å². The van der Waals surface area contributed by atoms with Crippen molar-refractivity contribution in [3.8, 4) is 11.5 Å². The fourth-order valence-corrected chi connectivity index (χ4v) is 3.26. The van der Waals surface area contributed by atoms with Crippen molar-refractivity contribution in [2.24, 2.45) is 0 Å². The second kappa shape index (κ2) is 9.26. The SMILES string of the molecule is CCOC(=O)C=Cc1ccc(C=Cc2nc(-c3ccc4ccccc4c3)oc2C)cc1. The second-order valence-electron chi connectivity index (χ2n) is 7.11. The molecule has 0 bridgehead atoms. The Kier molecular flexibility index (Phi) is 6.08. The van der Waals surface area contributed by atoms with E-state index in [9.17, 15) is 4.79 Å². The molecular weight excluding hydrogens is 386 g/mol. The number of oxazole rings is 1. The first-order valence-electron chi connectivity index (χ1n) is 10.2. The van der Waals surface area contributed by atoms with Gasteiger partial charge in [-0.15, -0.1) is 0 Å². The lowest BCUT2D eigenvalue weighted by molar-refractivity contribution is -0.137. The van der Waals surface area contributed by atoms with Crippen molar-refractivity contribution in [1.82, 2.24) is 4.98 Å². The molecule has 0 aliphatic carbocycles. The molecule has 4 nitrogen and oxygen atoms in total. The molecule has 3 aromatic carbocycles. The Balaban J connectivity index is 1.49. The Morgan fingerprint density at radius 2 is 1.65 bits per heavy atom. The largest absolute Gasteiger partial charge is 0.463 e. The summed E-state index contributed by atoms with van der Waals surface area (Å²) >= 11 is 0. The third kappa shape index (κ3) is 4.98. The fourth-order valence-electron chi connectivity index (χ4n) is 3.26. The van der Waals surface area contributed by atoms with E-state index in [-0.39, 0.29) is 5.97 Å². The molecule has 0 amide bonds. The van der Waals surface area contributed by atoms with Gasteiger partial charge >= 0.3 is 5.97 Å². The normalized spacial score (nSPS) is 11.5. The van der Waals surface area contributed by atoms with E-state index in [0.717, 1.165) is 33.5 Å². The highest BCUT2D eigenvalue weighted by atomic mass is 16.5. The van der Waals surface area contributed by atoms with Crippen molar-refractivity contribution in [3.63, 3.8) is 0 Å². The molecule has 0 N–H and O–H groups in total. The molecular formula is C27H23NO3. The quantitative estimate of drug-likeness (QED) is 0.268. The summed E-state index contributed by atoms with van der Waals surface area (Å²) in [5.74, 6) is 1.05. The smallest absolute Gasteiger partial charge is 0.330 e. The molecule has 1 heterocycles. The van der Waals surface area contributed by atoms with Gasteiger partial charge in [-0.3, -0.25) is 0 Å². The van der Waals surface area contributed by atoms with E-state index in [4.69, 9.17) is 9.15 Å². The van der Waals surface area contributed by atoms with Crippen LogP contribution in [0.3, 0.4) is 0 Å². The van der Waals surface area contributed by atoms with Gasteiger partial charge in [-0.05, 0) is 60.0 Å². The van der Waals surface area contributed by atoms with E-state index in [2.05, 4.69) is 29.2 Å². The summed E-state index contributed by atoms with van der Waals surface area (Å²) in [5, 5.41) is 2.35. The first-order valence-corrected chi connectivity index (χ1v) is 10.2. The van der Waals surface area contributed by atoms with E-state index >= 15 is 0 Å². The number of ether oxygens (including phenoxy) is 1. The predicted molar refractivity (Wildman–Crippen MR) is 125 cm³/mol. The average Bonchev–Trinajstić information content (AvgIpc) is 3.17. The van der Waals surface area contributed by atoms with Gasteiger partial charge in [0.1, 0.15) is 11.5 Å². The topological polar surface area (TPSA) is 52.3 Å². The third-order valence-electron chi connectivity index (χ3n) is 4.90. The van der Waals surface area contributed by atoms with E-state index in [1.807, 2.05) is 61.5 Å². The van der Waals surface area contributed by atoms with E-state index < -0.39 is 0 Å². The van der Waals surface area contributed by atoms with Crippen LogP contribution in [0.1, 0.15) is 29.5 Å². The minimum atomic E-state index is -0.338. The van der Waals surface area contributed by atoms with Gasteiger partial charge in [0.25, 0.3) is 0 Å². The number of aryl methyl sites for hydroxylation is 1. The summed E-state index contributed by atoms with van der Waals surface area (Å²) in [6, 6.07) is 22.3. The van der Waals surface area contributed by atoms with Gasteiger partial charge in [0, 0.05) is 11.6 Å². The molecule has 1 aromatic heterocycles. The van der Waals surface area contributed by atoms with Crippen LogP contribution in [0.4, 0.5) is 0 Å². The summed E-state index contributed by atoms with van der Waals surface area (Å²) < 4.78 is 10.8. The summed E-state index contributed by atoms with van der Waals surface area (Å²) in [4.78, 5) is 16.1. The molecule has 0 spiro atoms. The van der Waals surface area contributed by atoms with Crippen LogP contribution < -0.4 is 0 Å². The molecule has 4 heteroatoms. The van der Waals surface area contributed by atoms with Crippen LogP contribution in [0.2, 0.25) is 0 Å². The van der Waals surface area contributed by atoms with Crippen molar-refractivity contribution in [2.45, 2.75) is 13.8 Å². The van der Waals surface area contributed by atoms with Gasteiger partial charge in [0.15, 0.2) is 0 Å². The molecule has 31 heavy (non-hydrogen) atoms. The lowest BCUT2D eigenvalue weighted by Gasteiger charge is -1.99. The minimum Gasteiger partial charge on any atom is -0.463 e. The number of hydrogen-bond donors (Lipinski definition) is 0. The number of benzene rings is 3. The highest BCUT2D eigenvalue weighted by Gasteiger charge is 2.10. The Bertz CT molecular complexity index is 1260. The van der Waals surface area contributed by atoms with Crippen LogP contribution in [0.5, 0.6) is 0 Å². The van der Waals surface area contributed by atoms with Gasteiger partial charge in [0.05, 0.1) is 6.61 Å². The van der Waals surface area contributed by atoms with E-state index in [1.54, 1.807) is 13.0 Å². The Morgan fingerprint density at radius 1 is 0.935 bits per heavy atom. The van der Waals surface area contributed by atoms with Crippen molar-refractivity contribution >= 4 is 35.0 Å². The van der Waals surface area contributed by atoms with Gasteiger partial charge in [-0.2, -0.15) is 0 Å². The second-order valence-corrected chi connectivity index (χ2v) is 7.11. The Hall–Kier alpha value is -3.92. The highest BCUT2D eigenvalue weighted by molar-refractivity contribution is 5.87. The number of carbonyl (C=O) groups excluding carboxylic acids is 1. The molecule has 0 unspecified atom stereocenters. The molecule has 0 aliphatic rings. The standard InChI is InChI=1S/C27H23NO3/c1-3-30-26(29)17-13-21-10-8-20(9-11-21)12-16-25-19(2)31-27(28-25)24-15-14-22-6-4-5-7-23(22)18-24/h4-18H,3H2,1-2H3. The zero-order valence-electron chi connectivity index (χ0n) is 17.5. The lowest BCUT2D eigenvalue weighted by Crippen LogP contribution is -1.98. The number of aromatic nitrogens is 1. The molecule has 0 saturated heterocycles. The molecule has 4 rings (SSSR count). The van der Waals surface area contributed by atoms with E-state index in [1.165, 1.54) is 11.5 Å². The summed E-state index contributed by atoms with van der Waals surface area (Å²) in [5.41, 5.74) is 3.72. The van der Waals surface area contributed by atoms with E-state index in [0.29, 0.717) is 12.5 Å². The van der Waals surface area contributed by atoms with Gasteiger partial charge < -0.3 is 9.15 Å². The summed E-state index contributed by atoms with van der Waals surface area (Å²) in [6.45, 7) is 4.08. The van der Waals surface area contributed by atoms with Crippen LogP contribution in [0.15, 0.2) is 77.2 Å². The van der Waals surface area contributed by atoms with Gasteiger partial charge in [-0.1, -0.05) is 60.7 Å². The zero-order valence-corrected chi connectivity index (χ0v) is 17.5. The molecule has 0 saturated carbocycles. The zero-order chi connectivity index (χ0) is 21.6. The maximum absolute atomic E-state index is 11.4. The minimum absolute atomic E-state index is 0.338. The molecule has 154 valence electrons. The van der Waals surface area contributed by atoms with Crippen molar-refractivity contribution in [2.75, 3.05) is 6.61 Å². The van der Waals surface area contributed by atoms with Crippen molar-refractivity contribution in [3.05, 3.63) is 95.4 Å². The number of nitrogens with zero attached hydrogens (tertiary/aromatic N) is 1. The first kappa shape index (κ1) is 20.4. The molecule has 0 atom stereocenters. The third-order valence-corrected chi connectivity index (χ3v) is 4.90. The number of rotatable bonds is 6. The maximum Gasteiger partial charge on any atom is 0.330 e. The van der Waals surface area contributed by atoms with Crippen molar-refractivity contribution < 1.29 is 13.9 Å². The molecule has 0 aliphatic heterocycles. The van der Waals surface area contributed by atoms with Crippen molar-refractivity contribution in [1.29, 1.82) is 0 Å². The number of hydrogen-bond acceptors (Lipinski definition) is 4. The number of fused-ring (bicyclic) bond motifs is 1. The Labute approximate surface area is 181 Å². The first-order chi connectivity index (χ1) is 15.1. The maximum atomic E-state index is 11.4. The monoisotopic (exact) mass is 409 g/mol. The predicted octanol–water partition coefficient (Wildman–Crippen LogP) is 6.55. The summed E-state index contributed by atoms with van der Waals surface area (Å²) in [6.07, 6.45) is 7.12. The fraction of sp³-hybridized carbons (Fsp3) is 0.111. The van der Waals surface area contributed by atoms with Gasteiger partial charge in [-0.25, -0.2) is 9.78 Å². The average molecular weight is 409 g/mol.